The number of nitrogens with zero attached hydrogens (tertiary/aromatic N) is 1. The Morgan fingerprint density at radius 2 is 2.45 bits per heavy atom. The topological polar surface area (TPSA) is 54.0 Å². The normalized spacial score (nSPS) is 8.64. The van der Waals surface area contributed by atoms with Gasteiger partial charge >= 0.3 is 0 Å². The van der Waals surface area contributed by atoms with E-state index >= 15 is 0 Å². The highest BCUT2D eigenvalue weighted by molar-refractivity contribution is 6.08. The van der Waals surface area contributed by atoms with Gasteiger partial charge in [0, 0.05) is 0 Å². The number of hydrogen-bond donors (Lipinski definition) is 0. The maximum absolute atomic E-state index is 11.0. The van der Waals surface area contributed by atoms with Gasteiger partial charge in [0.1, 0.15) is 6.07 Å². The Hall–Kier alpha value is -1.82. The number of hydrogen-bond acceptors (Lipinski definition) is 3. The van der Waals surface area contributed by atoms with Gasteiger partial charge in [0.05, 0.1) is 11.8 Å². The number of nitriles is 1. The second-order valence-corrected chi connectivity index (χ2v) is 1.90. The number of rotatable bonds is 2. The van der Waals surface area contributed by atoms with Crippen LogP contribution in [0.3, 0.4) is 0 Å². The lowest BCUT2D eigenvalue weighted by Crippen LogP contribution is -1.97. The van der Waals surface area contributed by atoms with E-state index in [9.17, 15) is 4.79 Å². The molecule has 54 valence electrons. The van der Waals surface area contributed by atoms with Crippen LogP contribution in [0.2, 0.25) is 0 Å². The minimum absolute atomic E-state index is 0.111. The molecule has 0 saturated carbocycles. The molecule has 0 N–H and O–H groups in total. The lowest BCUT2D eigenvalue weighted by atomic mass is 10.2. The fourth-order valence-electron chi connectivity index (χ4n) is 0.607. The van der Waals surface area contributed by atoms with Crippen LogP contribution in [0.1, 0.15) is 10.6 Å². The predicted octanol–water partition coefficient (Wildman–Crippen LogP) is 1.54. The maximum atomic E-state index is 11.0. The van der Waals surface area contributed by atoms with Crippen LogP contribution in [0, 0.1) is 11.3 Å². The molecule has 1 heterocycles. The molecule has 1 aromatic rings. The molecule has 11 heavy (non-hydrogen) atoms. The van der Waals surface area contributed by atoms with E-state index in [1.807, 2.05) is 0 Å². The third-order valence-corrected chi connectivity index (χ3v) is 1.15. The molecule has 0 fully saturated rings. The molecule has 0 amide bonds. The molecule has 0 saturated heterocycles. The average molecular weight is 147 g/mol. The van der Waals surface area contributed by atoms with Gasteiger partial charge in [-0.2, -0.15) is 5.26 Å². The largest absolute Gasteiger partial charge is 0.461 e. The molecular formula is C8H5NO2. The van der Waals surface area contributed by atoms with Crippen molar-refractivity contribution in [3.8, 4) is 6.07 Å². The first-order valence-electron chi connectivity index (χ1n) is 2.93. The minimum Gasteiger partial charge on any atom is -0.461 e. The van der Waals surface area contributed by atoms with Crippen molar-refractivity contribution in [2.45, 2.75) is 0 Å². The number of furan rings is 1. The summed E-state index contributed by atoms with van der Waals surface area (Å²) in [4.78, 5) is 11.0. The van der Waals surface area contributed by atoms with E-state index in [1.54, 1.807) is 12.1 Å². The van der Waals surface area contributed by atoms with E-state index < -0.39 is 5.78 Å². The van der Waals surface area contributed by atoms with Gasteiger partial charge in [-0.3, -0.25) is 4.79 Å². The molecular weight excluding hydrogens is 142 g/mol. The van der Waals surface area contributed by atoms with Crippen molar-refractivity contribution >= 4 is 5.78 Å². The quantitative estimate of drug-likeness (QED) is 0.362. The van der Waals surface area contributed by atoms with Crippen molar-refractivity contribution in [2.75, 3.05) is 0 Å². The first-order valence-corrected chi connectivity index (χ1v) is 2.93. The smallest absolute Gasteiger partial charge is 0.238 e. The van der Waals surface area contributed by atoms with Crippen molar-refractivity contribution in [3.05, 3.63) is 36.3 Å². The first-order chi connectivity index (χ1) is 5.25. The van der Waals surface area contributed by atoms with Gasteiger partial charge in [-0.1, -0.05) is 6.58 Å². The zero-order chi connectivity index (χ0) is 8.27. The molecule has 3 nitrogen and oxygen atoms in total. The first kappa shape index (κ1) is 7.29. The third kappa shape index (κ3) is 1.36. The van der Waals surface area contributed by atoms with Crippen molar-refractivity contribution in [1.82, 2.24) is 0 Å². The Balaban J connectivity index is 2.89. The Morgan fingerprint density at radius 1 is 1.73 bits per heavy atom. The number of carbonyl (C=O) groups is 1. The van der Waals surface area contributed by atoms with Crippen LogP contribution >= 0.6 is 0 Å². The molecule has 0 aliphatic heterocycles. The van der Waals surface area contributed by atoms with Crippen LogP contribution in [-0.2, 0) is 0 Å². The molecule has 0 unspecified atom stereocenters. The van der Waals surface area contributed by atoms with E-state index in [0.717, 1.165) is 0 Å². The fourth-order valence-corrected chi connectivity index (χ4v) is 0.607. The van der Waals surface area contributed by atoms with Crippen LogP contribution < -0.4 is 0 Å². The molecule has 0 aliphatic carbocycles. The van der Waals surface area contributed by atoms with Crippen LogP contribution in [0.5, 0.6) is 0 Å². The summed E-state index contributed by atoms with van der Waals surface area (Å²) in [7, 11) is 0. The van der Waals surface area contributed by atoms with Gasteiger partial charge < -0.3 is 4.42 Å². The summed E-state index contributed by atoms with van der Waals surface area (Å²) < 4.78 is 4.76. The van der Waals surface area contributed by atoms with Crippen LogP contribution in [-0.4, -0.2) is 5.78 Å². The zero-order valence-electron chi connectivity index (χ0n) is 5.70. The summed E-state index contributed by atoms with van der Waals surface area (Å²) in [5, 5.41) is 8.29. The average Bonchev–Trinajstić information content (AvgIpc) is 2.53. The van der Waals surface area contributed by atoms with Gasteiger partial charge in [-0.25, -0.2) is 0 Å². The molecule has 3 heteroatoms. The lowest BCUT2D eigenvalue weighted by molar-refractivity contribution is 0.101. The molecule has 0 aromatic carbocycles. The Morgan fingerprint density at radius 3 is 2.91 bits per heavy atom. The maximum Gasteiger partial charge on any atom is 0.238 e. The molecule has 0 bridgehead atoms. The summed E-state index contributed by atoms with van der Waals surface area (Å²) in [6.45, 7) is 3.26. The Kier molecular flexibility index (Phi) is 1.88. The molecule has 0 atom stereocenters. The standard InChI is InChI=1S/C8H5NO2/c1-6(5-9)8(10)7-3-2-4-11-7/h2-4H,1H2. The summed E-state index contributed by atoms with van der Waals surface area (Å²) in [5.74, 6) is -0.311. The number of ketones is 1. The summed E-state index contributed by atoms with van der Waals surface area (Å²) in [6.07, 6.45) is 1.37. The predicted molar refractivity (Wildman–Crippen MR) is 37.8 cm³/mol. The molecule has 1 rings (SSSR count). The molecule has 0 aliphatic rings. The Labute approximate surface area is 63.5 Å². The van der Waals surface area contributed by atoms with E-state index in [0.29, 0.717) is 0 Å². The van der Waals surface area contributed by atoms with Crippen molar-refractivity contribution in [2.24, 2.45) is 0 Å². The fraction of sp³-hybridized carbons (Fsp3) is 0. The highest BCUT2D eigenvalue weighted by Gasteiger charge is 2.11. The Bertz CT molecular complexity index is 316. The van der Waals surface area contributed by atoms with Gasteiger partial charge in [0.25, 0.3) is 0 Å². The van der Waals surface area contributed by atoms with Crippen molar-refractivity contribution in [3.63, 3.8) is 0 Å². The monoisotopic (exact) mass is 147 g/mol. The van der Waals surface area contributed by atoms with E-state index in [-0.39, 0.29) is 11.3 Å². The van der Waals surface area contributed by atoms with Gasteiger partial charge in [0.15, 0.2) is 5.76 Å². The van der Waals surface area contributed by atoms with Crippen LogP contribution in [0.4, 0.5) is 0 Å². The lowest BCUT2D eigenvalue weighted by Gasteiger charge is -1.88. The molecule has 1 aromatic heterocycles. The van der Waals surface area contributed by atoms with Crippen molar-refractivity contribution in [1.29, 1.82) is 5.26 Å². The second kappa shape index (κ2) is 2.84. The highest BCUT2D eigenvalue weighted by atomic mass is 16.3. The van der Waals surface area contributed by atoms with E-state index in [4.69, 9.17) is 9.68 Å². The minimum atomic E-state index is -0.461. The highest BCUT2D eigenvalue weighted by Crippen LogP contribution is 2.05. The summed E-state index contributed by atoms with van der Waals surface area (Å²) in [5.41, 5.74) is -0.111. The molecule has 0 radical (unpaired) electrons. The SMILES string of the molecule is C=C(C#N)C(=O)c1ccco1. The van der Waals surface area contributed by atoms with E-state index in [2.05, 4.69) is 6.58 Å². The molecule has 0 spiro atoms. The van der Waals surface area contributed by atoms with Crippen LogP contribution in [0.15, 0.2) is 35.0 Å². The number of carbonyl (C=O) groups excluding carboxylic acids is 1. The third-order valence-electron chi connectivity index (χ3n) is 1.15. The number of Topliss-reactive ketones (excluding diaryl/α,β-unsaturated/α-hetero) is 1. The zero-order valence-corrected chi connectivity index (χ0v) is 5.70. The van der Waals surface area contributed by atoms with Gasteiger partial charge in [-0.15, -0.1) is 0 Å². The van der Waals surface area contributed by atoms with Gasteiger partial charge in [-0.05, 0) is 12.1 Å². The second-order valence-electron chi connectivity index (χ2n) is 1.90. The summed E-state index contributed by atoms with van der Waals surface area (Å²) in [6, 6.07) is 4.72. The summed E-state index contributed by atoms with van der Waals surface area (Å²) >= 11 is 0. The van der Waals surface area contributed by atoms with E-state index in [1.165, 1.54) is 12.3 Å². The van der Waals surface area contributed by atoms with Crippen molar-refractivity contribution < 1.29 is 9.21 Å². The van der Waals surface area contributed by atoms with Gasteiger partial charge in [0.2, 0.25) is 5.78 Å². The van der Waals surface area contributed by atoms with Crippen LogP contribution in [0.25, 0.3) is 0 Å². The number of allylic oxidation sites excluding steroid dienone is 1.